The van der Waals surface area contributed by atoms with E-state index in [0.29, 0.717) is 12.4 Å². The minimum absolute atomic E-state index is 0.0270. The zero-order chi connectivity index (χ0) is 20.0. The summed E-state index contributed by atoms with van der Waals surface area (Å²) in [5.74, 6) is 1.43. The van der Waals surface area contributed by atoms with Crippen molar-refractivity contribution >= 4 is 11.7 Å². The molecule has 1 aromatic heterocycles. The quantitative estimate of drug-likeness (QED) is 0.740. The lowest BCUT2D eigenvalue weighted by Crippen LogP contribution is -2.40. The van der Waals surface area contributed by atoms with Crippen LogP contribution in [-0.2, 0) is 4.79 Å². The number of hydrogen-bond donors (Lipinski definition) is 1. The summed E-state index contributed by atoms with van der Waals surface area (Å²) in [5.41, 5.74) is 4.26. The second-order valence-electron chi connectivity index (χ2n) is 7.60. The Bertz CT molecular complexity index is 1100. The second kappa shape index (κ2) is 6.88. The van der Waals surface area contributed by atoms with E-state index in [1.165, 1.54) is 6.33 Å². The van der Waals surface area contributed by atoms with Crippen LogP contribution in [0.25, 0.3) is 0 Å². The van der Waals surface area contributed by atoms with Gasteiger partial charge in [0.25, 0.3) is 0 Å². The number of aryl methyl sites for hydroxylation is 1. The summed E-state index contributed by atoms with van der Waals surface area (Å²) < 4.78 is 7.10. The molecule has 1 aliphatic carbocycles. The molecule has 2 heterocycles. The molecule has 3 aromatic rings. The van der Waals surface area contributed by atoms with Gasteiger partial charge >= 0.3 is 0 Å². The topological polar surface area (TPSA) is 69.0 Å². The molecule has 0 fully saturated rings. The maximum Gasteiger partial charge on any atom is 0.226 e. The Morgan fingerprint density at radius 2 is 1.93 bits per heavy atom. The number of anilines is 1. The molecule has 0 radical (unpaired) electrons. The molecule has 6 nitrogen and oxygen atoms in total. The Balaban J connectivity index is 1.59. The molecular weight excluding hydrogens is 364 g/mol. The number of benzene rings is 2. The number of Topliss-reactive ketones (excluding diaryl/α,β-unsaturated/α-hetero) is 1. The van der Waals surface area contributed by atoms with Crippen LogP contribution < -0.4 is 10.1 Å². The van der Waals surface area contributed by atoms with Crippen molar-refractivity contribution in [3.05, 3.63) is 83.3 Å². The number of allylic oxidation sites excluding steroid dienone is 2. The highest BCUT2D eigenvalue weighted by atomic mass is 16.5. The van der Waals surface area contributed by atoms with Crippen molar-refractivity contribution in [2.24, 2.45) is 5.92 Å². The van der Waals surface area contributed by atoms with E-state index in [4.69, 9.17) is 4.74 Å². The van der Waals surface area contributed by atoms with E-state index < -0.39 is 0 Å². The van der Waals surface area contributed by atoms with Gasteiger partial charge in [-0.05, 0) is 35.7 Å². The first-order valence-electron chi connectivity index (χ1n) is 9.76. The normalized spacial score (nSPS) is 22.9. The summed E-state index contributed by atoms with van der Waals surface area (Å²) in [7, 11) is 1.65. The van der Waals surface area contributed by atoms with Gasteiger partial charge in [0.1, 0.15) is 17.9 Å². The molecule has 1 aliphatic heterocycles. The third-order valence-corrected chi connectivity index (χ3v) is 5.94. The van der Waals surface area contributed by atoms with E-state index in [1.54, 1.807) is 7.11 Å². The highest BCUT2D eigenvalue weighted by molar-refractivity contribution is 5.88. The predicted octanol–water partition coefficient (Wildman–Crippen LogP) is 3.87. The van der Waals surface area contributed by atoms with Crippen molar-refractivity contribution < 1.29 is 9.53 Å². The number of aromatic nitrogens is 3. The molecule has 146 valence electrons. The number of rotatable bonds is 3. The molecular formula is C23H22N4O2. The van der Waals surface area contributed by atoms with Gasteiger partial charge in [-0.3, -0.25) is 4.79 Å². The number of nitrogens with one attached hydrogen (secondary N) is 1. The maximum absolute atomic E-state index is 13.4. The first kappa shape index (κ1) is 17.7. The molecule has 2 aromatic carbocycles. The summed E-state index contributed by atoms with van der Waals surface area (Å²) in [5, 5.41) is 7.78. The van der Waals surface area contributed by atoms with Crippen LogP contribution in [0.4, 0.5) is 5.95 Å². The standard InChI is InChI=1S/C23H22N4O2/c1-14-5-3-4-6-18(14)22-21-19(26-23-24-13-25-27(22)23)11-16(12-20(21)28)15-7-9-17(29-2)10-8-15/h3-11,13,16,21-22H,12H2,1-2H3,(H,24,25,26)/t16-,21+,22+/m0/s1. The highest BCUT2D eigenvalue weighted by Gasteiger charge is 2.43. The summed E-state index contributed by atoms with van der Waals surface area (Å²) in [6, 6.07) is 15.9. The molecule has 2 aliphatic rings. The van der Waals surface area contributed by atoms with Gasteiger partial charge in [0.2, 0.25) is 5.95 Å². The molecule has 0 bridgehead atoms. The fourth-order valence-electron chi connectivity index (χ4n) is 4.47. The van der Waals surface area contributed by atoms with E-state index in [1.807, 2.05) is 41.1 Å². The number of methoxy groups -OCH3 is 1. The molecule has 0 unspecified atom stereocenters. The molecule has 1 N–H and O–H groups in total. The number of ether oxygens (including phenoxy) is 1. The number of fused-ring (bicyclic) bond motifs is 2. The second-order valence-corrected chi connectivity index (χ2v) is 7.60. The van der Waals surface area contributed by atoms with Crippen molar-refractivity contribution in [3.8, 4) is 5.75 Å². The van der Waals surface area contributed by atoms with Gasteiger partial charge in [0.15, 0.2) is 0 Å². The minimum atomic E-state index is -0.292. The van der Waals surface area contributed by atoms with Crippen LogP contribution >= 0.6 is 0 Å². The molecule has 0 amide bonds. The van der Waals surface area contributed by atoms with Crippen LogP contribution in [0.2, 0.25) is 0 Å². The maximum atomic E-state index is 13.4. The van der Waals surface area contributed by atoms with Crippen molar-refractivity contribution in [1.82, 2.24) is 14.8 Å². The van der Waals surface area contributed by atoms with E-state index in [2.05, 4.69) is 40.5 Å². The zero-order valence-corrected chi connectivity index (χ0v) is 16.4. The lowest BCUT2D eigenvalue weighted by Gasteiger charge is -2.38. The van der Waals surface area contributed by atoms with E-state index in [9.17, 15) is 4.79 Å². The Labute approximate surface area is 169 Å². The third kappa shape index (κ3) is 2.92. The summed E-state index contributed by atoms with van der Waals surface area (Å²) in [6.45, 7) is 2.07. The summed E-state index contributed by atoms with van der Waals surface area (Å²) in [6.07, 6.45) is 4.18. The van der Waals surface area contributed by atoms with E-state index in [-0.39, 0.29) is 23.7 Å². The first-order valence-corrected chi connectivity index (χ1v) is 9.76. The lowest BCUT2D eigenvalue weighted by molar-refractivity contribution is -0.123. The van der Waals surface area contributed by atoms with E-state index >= 15 is 0 Å². The Morgan fingerprint density at radius 3 is 2.69 bits per heavy atom. The minimum Gasteiger partial charge on any atom is -0.497 e. The third-order valence-electron chi connectivity index (χ3n) is 5.94. The van der Waals surface area contributed by atoms with Gasteiger partial charge in [-0.15, -0.1) is 0 Å². The van der Waals surface area contributed by atoms with Crippen molar-refractivity contribution in [1.29, 1.82) is 0 Å². The fourth-order valence-corrected chi connectivity index (χ4v) is 4.47. The van der Waals surface area contributed by atoms with Crippen LogP contribution in [0.1, 0.15) is 35.1 Å². The van der Waals surface area contributed by atoms with Crippen molar-refractivity contribution in [2.45, 2.75) is 25.3 Å². The highest BCUT2D eigenvalue weighted by Crippen LogP contribution is 2.44. The van der Waals surface area contributed by atoms with Gasteiger partial charge in [0.05, 0.1) is 19.1 Å². The summed E-state index contributed by atoms with van der Waals surface area (Å²) in [4.78, 5) is 17.8. The summed E-state index contributed by atoms with van der Waals surface area (Å²) >= 11 is 0. The largest absolute Gasteiger partial charge is 0.497 e. The van der Waals surface area contributed by atoms with Crippen LogP contribution in [0.5, 0.6) is 5.75 Å². The zero-order valence-electron chi connectivity index (χ0n) is 16.4. The van der Waals surface area contributed by atoms with Gasteiger partial charge in [0, 0.05) is 18.0 Å². The monoisotopic (exact) mass is 386 g/mol. The molecule has 29 heavy (non-hydrogen) atoms. The number of hydrogen-bond acceptors (Lipinski definition) is 5. The molecule has 6 heteroatoms. The Hall–Kier alpha value is -3.41. The van der Waals surface area contributed by atoms with Gasteiger partial charge in [-0.2, -0.15) is 10.1 Å². The number of carbonyl (C=O) groups is 1. The molecule has 5 rings (SSSR count). The first-order chi connectivity index (χ1) is 14.2. The average molecular weight is 386 g/mol. The van der Waals surface area contributed by atoms with Crippen LogP contribution in [0, 0.1) is 12.8 Å². The average Bonchev–Trinajstić information content (AvgIpc) is 3.21. The van der Waals surface area contributed by atoms with Gasteiger partial charge in [-0.25, -0.2) is 4.68 Å². The molecule has 0 saturated carbocycles. The van der Waals surface area contributed by atoms with Crippen LogP contribution in [0.3, 0.4) is 0 Å². The predicted molar refractivity (Wildman–Crippen MR) is 110 cm³/mol. The van der Waals surface area contributed by atoms with Gasteiger partial charge < -0.3 is 10.1 Å². The SMILES string of the molecule is COc1ccc([C@H]2C=C3Nc4ncnn4[C@H](c4ccccc4C)[C@H]3C(=O)C2)cc1. The van der Waals surface area contributed by atoms with Crippen molar-refractivity contribution in [2.75, 3.05) is 12.4 Å². The molecule has 3 atom stereocenters. The van der Waals surface area contributed by atoms with Crippen LogP contribution in [-0.4, -0.2) is 27.7 Å². The molecule has 0 spiro atoms. The van der Waals surface area contributed by atoms with Crippen LogP contribution in [0.15, 0.2) is 66.6 Å². The Morgan fingerprint density at radius 1 is 1.14 bits per heavy atom. The number of carbonyl (C=O) groups excluding carboxylic acids is 1. The fraction of sp³-hybridized carbons (Fsp3) is 0.261. The van der Waals surface area contributed by atoms with E-state index in [0.717, 1.165) is 28.1 Å². The smallest absolute Gasteiger partial charge is 0.226 e. The lowest BCUT2D eigenvalue weighted by atomic mass is 9.75. The Kier molecular flexibility index (Phi) is 4.19. The molecule has 0 saturated heterocycles. The number of nitrogens with zero attached hydrogens (tertiary/aromatic N) is 3. The van der Waals surface area contributed by atoms with Crippen molar-refractivity contribution in [3.63, 3.8) is 0 Å². The van der Waals surface area contributed by atoms with Gasteiger partial charge in [-0.1, -0.05) is 42.5 Å². The number of ketones is 1.